The number of sulfone groups is 1. The van der Waals surface area contributed by atoms with E-state index in [4.69, 9.17) is 14.6 Å². The van der Waals surface area contributed by atoms with Crippen molar-refractivity contribution in [1.29, 1.82) is 0 Å². The van der Waals surface area contributed by atoms with Crippen LogP contribution in [0.2, 0.25) is 0 Å². The fourth-order valence-electron chi connectivity index (χ4n) is 2.97. The van der Waals surface area contributed by atoms with Crippen LogP contribution in [0, 0.1) is 20.8 Å². The smallest absolute Gasteiger partial charge is 0.147 e. The summed E-state index contributed by atoms with van der Waals surface area (Å²) < 4.78 is 36.0. The molecule has 216 valence electrons. The highest BCUT2D eigenvalue weighted by atomic mass is 79.9. The number of benzene rings is 3. The van der Waals surface area contributed by atoms with Gasteiger partial charge in [-0.1, -0.05) is 66.0 Å². The van der Waals surface area contributed by atoms with E-state index in [-0.39, 0.29) is 5.75 Å². The van der Waals surface area contributed by atoms with E-state index in [1.807, 2.05) is 68.1 Å². The van der Waals surface area contributed by atoms with Gasteiger partial charge >= 0.3 is 0 Å². The van der Waals surface area contributed by atoms with Gasteiger partial charge in [-0.3, -0.25) is 0 Å². The Hall–Kier alpha value is -1.20. The summed E-state index contributed by atoms with van der Waals surface area (Å²) in [6, 6.07) is 17.1. The van der Waals surface area contributed by atoms with Crippen molar-refractivity contribution in [3.63, 3.8) is 0 Å². The Labute approximate surface area is 263 Å². The van der Waals surface area contributed by atoms with Gasteiger partial charge in [0.25, 0.3) is 0 Å². The lowest BCUT2D eigenvalue weighted by Gasteiger charge is -2.09. The van der Waals surface area contributed by atoms with Crippen LogP contribution in [-0.2, 0) is 9.84 Å². The van der Waals surface area contributed by atoms with E-state index in [0.29, 0.717) is 18.8 Å². The van der Waals surface area contributed by atoms with Crippen LogP contribution >= 0.6 is 59.6 Å². The molecule has 3 aromatic rings. The molecule has 0 aromatic heterocycles. The summed E-state index contributed by atoms with van der Waals surface area (Å²) in [4.78, 5) is 0. The minimum atomic E-state index is -2.89. The fraction of sp³-hybridized carbons (Fsp3) is 0.379. The summed E-state index contributed by atoms with van der Waals surface area (Å²) in [6.07, 6.45) is 4.97. The van der Waals surface area contributed by atoms with E-state index in [1.165, 1.54) is 11.8 Å². The molecule has 0 radical (unpaired) electrons. The number of phenolic OH excluding ortho intramolecular Hbond substituents is 1. The van der Waals surface area contributed by atoms with Gasteiger partial charge in [-0.25, -0.2) is 8.42 Å². The van der Waals surface area contributed by atoms with Crippen LogP contribution in [0.5, 0.6) is 17.2 Å². The largest absolute Gasteiger partial charge is 0.508 e. The zero-order chi connectivity index (χ0) is 29.4. The Balaban J connectivity index is 0.000000303. The molecule has 5 nitrogen and oxygen atoms in total. The summed E-state index contributed by atoms with van der Waals surface area (Å²) in [6.45, 7) is 7.10. The number of thioether (sulfide) groups is 1. The number of hydrogen-bond donors (Lipinski definition) is 1. The van der Waals surface area contributed by atoms with Crippen LogP contribution in [-0.4, -0.2) is 50.8 Å². The van der Waals surface area contributed by atoms with Crippen molar-refractivity contribution in [2.45, 2.75) is 33.6 Å². The van der Waals surface area contributed by atoms with Crippen molar-refractivity contribution >= 4 is 69.4 Å². The van der Waals surface area contributed by atoms with Crippen molar-refractivity contribution in [1.82, 2.24) is 0 Å². The molecule has 0 spiro atoms. The third-order valence-electron chi connectivity index (χ3n) is 5.34. The Bertz CT molecular complexity index is 1250. The summed E-state index contributed by atoms with van der Waals surface area (Å²) >= 11 is 12.0. The lowest BCUT2D eigenvalue weighted by Crippen LogP contribution is -2.08. The van der Waals surface area contributed by atoms with E-state index < -0.39 is 9.84 Å². The van der Waals surface area contributed by atoms with Crippen LogP contribution in [0.1, 0.15) is 29.5 Å². The summed E-state index contributed by atoms with van der Waals surface area (Å²) in [7, 11) is -2.89. The summed E-state index contributed by atoms with van der Waals surface area (Å²) in [5, 5.41) is 9.07. The number of ether oxygens (including phenoxy) is 2. The van der Waals surface area contributed by atoms with E-state index in [1.54, 1.807) is 12.1 Å². The Morgan fingerprint density at radius 3 is 1.59 bits per heavy atom. The quantitative estimate of drug-likeness (QED) is 0.208. The molecule has 0 amide bonds. The van der Waals surface area contributed by atoms with Gasteiger partial charge in [0.05, 0.1) is 19.0 Å². The van der Waals surface area contributed by atoms with Gasteiger partial charge in [0.15, 0.2) is 0 Å². The van der Waals surface area contributed by atoms with Crippen LogP contribution in [0.25, 0.3) is 0 Å². The van der Waals surface area contributed by atoms with Gasteiger partial charge in [0.2, 0.25) is 0 Å². The zero-order valence-electron chi connectivity index (χ0n) is 23.0. The molecule has 0 aliphatic rings. The Kier molecular flexibility index (Phi) is 17.5. The van der Waals surface area contributed by atoms with Crippen molar-refractivity contribution in [3.05, 3.63) is 84.7 Å². The first-order valence-electron chi connectivity index (χ1n) is 12.2. The standard InChI is InChI=1S/C11H15BrO3S.C11H15BrOS.C7H7BrO/c1-9-10(12)5-3-6-11(9)15-7-4-8-16(2,13)14;1-9-10(12)5-3-6-11(9)13-7-4-8-14-2;1-5-6(8)3-2-4-7(5)9/h3,5-6H,4,7-8H2,1-2H3;3,5-6H,4,7-8H2,1-2H3;2-4,9H,1H3. The van der Waals surface area contributed by atoms with Gasteiger partial charge in [-0.2, -0.15) is 11.8 Å². The van der Waals surface area contributed by atoms with E-state index >= 15 is 0 Å². The highest BCUT2D eigenvalue weighted by molar-refractivity contribution is 9.11. The first-order valence-corrected chi connectivity index (χ1v) is 18.1. The zero-order valence-corrected chi connectivity index (χ0v) is 29.4. The van der Waals surface area contributed by atoms with Crippen molar-refractivity contribution in [3.8, 4) is 17.2 Å². The van der Waals surface area contributed by atoms with E-state index in [9.17, 15) is 8.42 Å². The van der Waals surface area contributed by atoms with E-state index in [2.05, 4.69) is 61.0 Å². The number of rotatable bonds is 10. The molecule has 0 fully saturated rings. The minimum Gasteiger partial charge on any atom is -0.508 e. The molecule has 3 rings (SSSR count). The molecule has 39 heavy (non-hydrogen) atoms. The lowest BCUT2D eigenvalue weighted by atomic mass is 10.2. The first kappa shape index (κ1) is 35.8. The molecule has 0 unspecified atom stereocenters. The van der Waals surface area contributed by atoms with Gasteiger partial charge in [0, 0.05) is 36.4 Å². The molecule has 0 aliphatic carbocycles. The molecule has 3 aromatic carbocycles. The number of aromatic hydroxyl groups is 1. The Morgan fingerprint density at radius 1 is 0.744 bits per heavy atom. The normalized spacial score (nSPS) is 10.6. The monoisotopic (exact) mass is 766 g/mol. The highest BCUT2D eigenvalue weighted by Crippen LogP contribution is 2.26. The summed E-state index contributed by atoms with van der Waals surface area (Å²) in [5.41, 5.74) is 3.09. The molecular weight excluding hydrogens is 732 g/mol. The maximum Gasteiger partial charge on any atom is 0.147 e. The third-order valence-corrected chi connectivity index (χ3v) is 9.65. The second-order valence-electron chi connectivity index (χ2n) is 8.64. The van der Waals surface area contributed by atoms with Crippen molar-refractivity contribution in [2.75, 3.05) is 37.2 Å². The Morgan fingerprint density at radius 2 is 1.18 bits per heavy atom. The van der Waals surface area contributed by atoms with Gasteiger partial charge in [-0.05, 0) is 82.0 Å². The van der Waals surface area contributed by atoms with Crippen LogP contribution in [0.4, 0.5) is 0 Å². The number of halogens is 3. The van der Waals surface area contributed by atoms with Gasteiger partial charge < -0.3 is 14.6 Å². The average molecular weight is 769 g/mol. The molecule has 0 saturated carbocycles. The van der Waals surface area contributed by atoms with Crippen LogP contribution in [0.3, 0.4) is 0 Å². The molecule has 1 N–H and O–H groups in total. The van der Waals surface area contributed by atoms with Gasteiger partial charge in [0.1, 0.15) is 27.1 Å². The van der Waals surface area contributed by atoms with Crippen LogP contribution in [0.15, 0.2) is 68.0 Å². The molecule has 10 heteroatoms. The molecule has 0 bridgehead atoms. The molecule has 0 saturated heterocycles. The molecule has 0 atom stereocenters. The fourth-order valence-corrected chi connectivity index (χ4v) is 5.07. The maximum absolute atomic E-state index is 10.9. The van der Waals surface area contributed by atoms with E-state index in [0.717, 1.165) is 54.8 Å². The predicted molar refractivity (Wildman–Crippen MR) is 177 cm³/mol. The third kappa shape index (κ3) is 14.8. The number of hydrogen-bond acceptors (Lipinski definition) is 6. The second kappa shape index (κ2) is 19.0. The predicted octanol–water partition coefficient (Wildman–Crippen LogP) is 8.92. The van der Waals surface area contributed by atoms with Crippen LogP contribution < -0.4 is 9.47 Å². The average Bonchev–Trinajstić information content (AvgIpc) is 2.88. The van der Waals surface area contributed by atoms with Gasteiger partial charge in [-0.15, -0.1) is 0 Å². The van der Waals surface area contributed by atoms with Crippen molar-refractivity contribution in [2.24, 2.45) is 0 Å². The summed E-state index contributed by atoms with van der Waals surface area (Å²) in [5.74, 6) is 3.44. The molecule has 0 heterocycles. The SMILES string of the molecule is CSCCCOc1cccc(Br)c1C.Cc1c(Br)cccc1OCCCS(C)(=O)=O.Cc1c(O)cccc1Br. The molecular formula is C29H37Br3O5S2. The second-order valence-corrected chi connectivity index (χ2v) is 14.4. The first-order chi connectivity index (χ1) is 18.4. The minimum absolute atomic E-state index is 0.167. The van der Waals surface area contributed by atoms with Crippen molar-refractivity contribution < 1.29 is 23.0 Å². The number of phenols is 1. The topological polar surface area (TPSA) is 72.8 Å². The lowest BCUT2D eigenvalue weighted by molar-refractivity contribution is 0.315. The maximum atomic E-state index is 10.9. The molecule has 0 aliphatic heterocycles. The highest BCUT2D eigenvalue weighted by Gasteiger charge is 2.05.